The van der Waals surface area contributed by atoms with Crippen molar-refractivity contribution in [2.75, 3.05) is 23.9 Å². The third-order valence-electron chi connectivity index (χ3n) is 4.48. The Kier molecular flexibility index (Phi) is 5.02. The van der Waals surface area contributed by atoms with Crippen LogP contribution in [0.25, 0.3) is 0 Å². The molecular weight excluding hydrogens is 332 g/mol. The van der Waals surface area contributed by atoms with Crippen molar-refractivity contribution in [1.82, 2.24) is 0 Å². The summed E-state index contributed by atoms with van der Waals surface area (Å²) in [5.74, 6) is -1.23. The summed E-state index contributed by atoms with van der Waals surface area (Å²) in [4.78, 5) is 38.2. The molecule has 6 nitrogen and oxygen atoms in total. The van der Waals surface area contributed by atoms with E-state index in [0.29, 0.717) is 11.3 Å². The minimum atomic E-state index is -0.465. The Hall–Kier alpha value is -3.15. The third-order valence-corrected chi connectivity index (χ3v) is 4.48. The maximum atomic E-state index is 12.5. The van der Waals surface area contributed by atoms with Gasteiger partial charge in [-0.1, -0.05) is 24.3 Å². The van der Waals surface area contributed by atoms with Gasteiger partial charge in [0.15, 0.2) is 0 Å². The lowest BCUT2D eigenvalue weighted by atomic mass is 10.1. The van der Waals surface area contributed by atoms with Gasteiger partial charge in [0.05, 0.1) is 18.6 Å². The van der Waals surface area contributed by atoms with Crippen molar-refractivity contribution in [3.05, 3.63) is 59.7 Å². The van der Waals surface area contributed by atoms with E-state index in [-0.39, 0.29) is 24.8 Å². The Morgan fingerprint density at radius 2 is 1.92 bits per heavy atom. The quantitative estimate of drug-likeness (QED) is 0.859. The SMILES string of the molecule is COC(=O)c1cccc(N2CC(C(=O)Nc3ccccc3C)CC2=O)c1. The molecule has 2 aromatic rings. The van der Waals surface area contributed by atoms with E-state index in [1.54, 1.807) is 24.3 Å². The average Bonchev–Trinajstić information content (AvgIpc) is 3.05. The molecule has 0 aliphatic carbocycles. The van der Waals surface area contributed by atoms with E-state index in [0.717, 1.165) is 11.3 Å². The number of hydrogen-bond donors (Lipinski definition) is 1. The van der Waals surface area contributed by atoms with Crippen LogP contribution in [0.2, 0.25) is 0 Å². The van der Waals surface area contributed by atoms with Crippen molar-refractivity contribution in [2.45, 2.75) is 13.3 Å². The molecule has 3 rings (SSSR count). The van der Waals surface area contributed by atoms with Gasteiger partial charge in [0.1, 0.15) is 0 Å². The molecular formula is C20H20N2O4. The first-order valence-electron chi connectivity index (χ1n) is 8.35. The lowest BCUT2D eigenvalue weighted by Crippen LogP contribution is -2.28. The highest BCUT2D eigenvalue weighted by Crippen LogP contribution is 2.27. The maximum Gasteiger partial charge on any atom is 0.337 e. The normalized spacial score (nSPS) is 16.5. The van der Waals surface area contributed by atoms with E-state index >= 15 is 0 Å². The predicted molar refractivity (Wildman–Crippen MR) is 98.1 cm³/mol. The molecule has 0 radical (unpaired) electrons. The Labute approximate surface area is 151 Å². The number of anilines is 2. The molecule has 0 aromatic heterocycles. The lowest BCUT2D eigenvalue weighted by molar-refractivity contribution is -0.122. The second kappa shape index (κ2) is 7.39. The number of nitrogens with one attached hydrogen (secondary N) is 1. The van der Waals surface area contributed by atoms with E-state index in [4.69, 9.17) is 4.74 Å². The van der Waals surface area contributed by atoms with Gasteiger partial charge in [-0.25, -0.2) is 4.79 Å². The second-order valence-electron chi connectivity index (χ2n) is 6.25. The number of benzene rings is 2. The van der Waals surface area contributed by atoms with Gasteiger partial charge in [-0.3, -0.25) is 9.59 Å². The first-order valence-corrected chi connectivity index (χ1v) is 8.35. The molecule has 1 saturated heterocycles. The summed E-state index contributed by atoms with van der Waals surface area (Å²) in [6, 6.07) is 14.2. The first kappa shape index (κ1) is 17.7. The highest BCUT2D eigenvalue weighted by Gasteiger charge is 2.35. The second-order valence-corrected chi connectivity index (χ2v) is 6.25. The summed E-state index contributed by atoms with van der Waals surface area (Å²) in [5, 5.41) is 2.89. The standard InChI is InChI=1S/C20H20N2O4/c1-13-6-3-4-9-17(13)21-19(24)15-11-18(23)22(12-15)16-8-5-7-14(10-16)20(25)26-2/h3-10,15H,11-12H2,1-2H3,(H,21,24). The van der Waals surface area contributed by atoms with Crippen molar-refractivity contribution < 1.29 is 19.1 Å². The largest absolute Gasteiger partial charge is 0.465 e. The summed E-state index contributed by atoms with van der Waals surface area (Å²) in [6.07, 6.45) is 0.139. The number of esters is 1. The Bertz CT molecular complexity index is 862. The molecule has 1 N–H and O–H groups in total. The molecule has 1 aliphatic rings. The molecule has 1 unspecified atom stereocenters. The Morgan fingerprint density at radius 1 is 1.15 bits per heavy atom. The number of carbonyl (C=O) groups excluding carboxylic acids is 3. The average molecular weight is 352 g/mol. The fourth-order valence-corrected chi connectivity index (χ4v) is 3.00. The molecule has 1 atom stereocenters. The minimum absolute atomic E-state index is 0.139. The van der Waals surface area contributed by atoms with Crippen LogP contribution in [0.15, 0.2) is 48.5 Å². The fourth-order valence-electron chi connectivity index (χ4n) is 3.00. The van der Waals surface area contributed by atoms with Crippen molar-refractivity contribution in [3.63, 3.8) is 0 Å². The Morgan fingerprint density at radius 3 is 2.65 bits per heavy atom. The van der Waals surface area contributed by atoms with Gasteiger partial charge >= 0.3 is 5.97 Å². The van der Waals surface area contributed by atoms with Crippen LogP contribution < -0.4 is 10.2 Å². The number of nitrogens with zero attached hydrogens (tertiary/aromatic N) is 1. The van der Waals surface area contributed by atoms with Crippen LogP contribution in [-0.4, -0.2) is 31.4 Å². The molecule has 1 aliphatic heterocycles. The molecule has 0 bridgehead atoms. The summed E-state index contributed by atoms with van der Waals surface area (Å²) < 4.78 is 4.71. The van der Waals surface area contributed by atoms with Crippen LogP contribution in [0.1, 0.15) is 22.3 Å². The summed E-state index contributed by atoms with van der Waals surface area (Å²) in [5.41, 5.74) is 2.67. The number of amides is 2. The van der Waals surface area contributed by atoms with Gasteiger partial charge in [0.2, 0.25) is 11.8 Å². The van der Waals surface area contributed by atoms with Gasteiger partial charge in [-0.05, 0) is 36.8 Å². The van der Waals surface area contributed by atoms with Gasteiger partial charge in [-0.2, -0.15) is 0 Å². The molecule has 26 heavy (non-hydrogen) atoms. The molecule has 1 heterocycles. The monoisotopic (exact) mass is 352 g/mol. The van der Waals surface area contributed by atoms with Crippen molar-refractivity contribution in [1.29, 1.82) is 0 Å². The van der Waals surface area contributed by atoms with Crippen molar-refractivity contribution >= 4 is 29.2 Å². The summed E-state index contributed by atoms with van der Waals surface area (Å²) >= 11 is 0. The van der Waals surface area contributed by atoms with Crippen LogP contribution in [0, 0.1) is 12.8 Å². The molecule has 0 saturated carbocycles. The van der Waals surface area contributed by atoms with Crippen molar-refractivity contribution in [2.24, 2.45) is 5.92 Å². The van der Waals surface area contributed by atoms with Gasteiger partial charge < -0.3 is 15.0 Å². The van der Waals surface area contributed by atoms with Gasteiger partial charge in [-0.15, -0.1) is 0 Å². The molecule has 1 fully saturated rings. The van der Waals surface area contributed by atoms with E-state index < -0.39 is 11.9 Å². The van der Waals surface area contributed by atoms with Crippen molar-refractivity contribution in [3.8, 4) is 0 Å². The topological polar surface area (TPSA) is 75.7 Å². The Balaban J connectivity index is 1.73. The van der Waals surface area contributed by atoms with Gasteiger partial charge in [0, 0.05) is 24.3 Å². The summed E-state index contributed by atoms with van der Waals surface area (Å²) in [7, 11) is 1.31. The molecule has 2 amide bonds. The number of ether oxygens (including phenoxy) is 1. The smallest absolute Gasteiger partial charge is 0.337 e. The number of methoxy groups -OCH3 is 1. The van der Waals surface area contributed by atoms with Gasteiger partial charge in [0.25, 0.3) is 0 Å². The van der Waals surface area contributed by atoms with Crippen LogP contribution in [0.5, 0.6) is 0 Å². The zero-order valence-corrected chi connectivity index (χ0v) is 14.7. The van der Waals surface area contributed by atoms with E-state index in [1.807, 2.05) is 31.2 Å². The highest BCUT2D eigenvalue weighted by molar-refractivity contribution is 6.04. The van der Waals surface area contributed by atoms with Crippen LogP contribution >= 0.6 is 0 Å². The first-order chi connectivity index (χ1) is 12.5. The minimum Gasteiger partial charge on any atom is -0.465 e. The molecule has 134 valence electrons. The number of rotatable bonds is 4. The zero-order valence-electron chi connectivity index (χ0n) is 14.7. The van der Waals surface area contributed by atoms with E-state index in [1.165, 1.54) is 12.0 Å². The number of aryl methyl sites for hydroxylation is 1. The van der Waals surface area contributed by atoms with Crippen LogP contribution in [-0.2, 0) is 14.3 Å². The highest BCUT2D eigenvalue weighted by atomic mass is 16.5. The molecule has 6 heteroatoms. The predicted octanol–water partition coefficient (Wildman–Crippen LogP) is 2.77. The zero-order chi connectivity index (χ0) is 18.7. The number of para-hydroxylation sites is 1. The van der Waals surface area contributed by atoms with Crippen LogP contribution in [0.4, 0.5) is 11.4 Å². The maximum absolute atomic E-state index is 12.5. The summed E-state index contributed by atoms with van der Waals surface area (Å²) in [6.45, 7) is 2.20. The number of hydrogen-bond acceptors (Lipinski definition) is 4. The molecule has 2 aromatic carbocycles. The number of carbonyl (C=O) groups is 3. The fraction of sp³-hybridized carbons (Fsp3) is 0.250. The lowest BCUT2D eigenvalue weighted by Gasteiger charge is -2.17. The molecule has 0 spiro atoms. The van der Waals surface area contributed by atoms with Crippen LogP contribution in [0.3, 0.4) is 0 Å². The third kappa shape index (κ3) is 3.59. The van der Waals surface area contributed by atoms with E-state index in [2.05, 4.69) is 5.32 Å². The van der Waals surface area contributed by atoms with E-state index in [9.17, 15) is 14.4 Å².